The largest absolute Gasteiger partial charge is 0.497 e. The molecule has 2 rings (SSSR count). The molecule has 0 bridgehead atoms. The third kappa shape index (κ3) is 3.10. The summed E-state index contributed by atoms with van der Waals surface area (Å²) in [6.07, 6.45) is 0. The average molecular weight is 315 g/mol. The van der Waals surface area contributed by atoms with E-state index in [9.17, 15) is 0 Å². The van der Waals surface area contributed by atoms with Gasteiger partial charge >= 0.3 is 0 Å². The number of aromatic nitrogens is 1. The normalized spacial score (nSPS) is 10.1. The van der Waals surface area contributed by atoms with Crippen LogP contribution in [0.1, 0.15) is 0 Å². The SMILES string of the molecule is COc1cc(Nc2nc(Br)cs2)cc(OC)c1. The fraction of sp³-hybridized carbons (Fsp3) is 0.182. The number of rotatable bonds is 4. The molecule has 1 N–H and O–H groups in total. The van der Waals surface area contributed by atoms with E-state index in [0.717, 1.165) is 26.9 Å². The molecule has 0 spiro atoms. The van der Waals surface area contributed by atoms with Crippen molar-refractivity contribution >= 4 is 38.1 Å². The second-order valence-corrected chi connectivity index (χ2v) is 4.87. The average Bonchev–Trinajstić information content (AvgIpc) is 2.74. The van der Waals surface area contributed by atoms with Crippen molar-refractivity contribution in [1.82, 2.24) is 4.98 Å². The number of nitrogens with zero attached hydrogens (tertiary/aromatic N) is 1. The lowest BCUT2D eigenvalue weighted by Crippen LogP contribution is -1.93. The Bertz CT molecular complexity index is 494. The highest BCUT2D eigenvalue weighted by atomic mass is 79.9. The third-order valence-electron chi connectivity index (χ3n) is 2.08. The van der Waals surface area contributed by atoms with Gasteiger partial charge in [-0.15, -0.1) is 11.3 Å². The van der Waals surface area contributed by atoms with Crippen molar-refractivity contribution in [1.29, 1.82) is 0 Å². The van der Waals surface area contributed by atoms with Gasteiger partial charge in [-0.2, -0.15) is 0 Å². The predicted octanol–water partition coefficient (Wildman–Crippen LogP) is 3.67. The van der Waals surface area contributed by atoms with Crippen LogP contribution in [-0.2, 0) is 0 Å². The molecule has 1 aromatic heterocycles. The van der Waals surface area contributed by atoms with Gasteiger partial charge in [0.1, 0.15) is 16.1 Å². The highest BCUT2D eigenvalue weighted by molar-refractivity contribution is 9.10. The zero-order valence-corrected chi connectivity index (χ0v) is 11.8. The molecule has 4 nitrogen and oxygen atoms in total. The van der Waals surface area contributed by atoms with E-state index in [2.05, 4.69) is 26.2 Å². The molecule has 0 amide bonds. The summed E-state index contributed by atoms with van der Waals surface area (Å²) in [7, 11) is 3.25. The van der Waals surface area contributed by atoms with Crippen LogP contribution in [-0.4, -0.2) is 19.2 Å². The van der Waals surface area contributed by atoms with E-state index in [1.807, 2.05) is 23.6 Å². The van der Waals surface area contributed by atoms with Gasteiger partial charge in [0, 0.05) is 29.3 Å². The van der Waals surface area contributed by atoms with E-state index in [1.54, 1.807) is 14.2 Å². The molecule has 17 heavy (non-hydrogen) atoms. The molecule has 1 aromatic carbocycles. The predicted molar refractivity (Wildman–Crippen MR) is 72.6 cm³/mol. The minimum atomic E-state index is 0.738. The number of halogens is 1. The fourth-order valence-electron chi connectivity index (χ4n) is 1.31. The first-order chi connectivity index (χ1) is 8.21. The molecule has 0 fully saturated rings. The smallest absolute Gasteiger partial charge is 0.188 e. The van der Waals surface area contributed by atoms with E-state index in [4.69, 9.17) is 9.47 Å². The Morgan fingerprint density at radius 1 is 1.18 bits per heavy atom. The topological polar surface area (TPSA) is 43.4 Å². The van der Waals surface area contributed by atoms with Crippen molar-refractivity contribution in [3.05, 3.63) is 28.2 Å². The number of hydrogen-bond acceptors (Lipinski definition) is 5. The standard InChI is InChI=1S/C11H11BrN2O2S/c1-15-8-3-7(4-9(5-8)16-2)13-11-14-10(12)6-17-11/h3-6H,1-2H3,(H,13,14). The van der Waals surface area contributed by atoms with Crippen LogP contribution in [0.15, 0.2) is 28.2 Å². The summed E-state index contributed by atoms with van der Waals surface area (Å²) in [5.74, 6) is 1.48. The zero-order chi connectivity index (χ0) is 12.3. The van der Waals surface area contributed by atoms with Crippen LogP contribution in [0.5, 0.6) is 11.5 Å². The number of thiazole rings is 1. The first-order valence-electron chi connectivity index (χ1n) is 4.82. The van der Waals surface area contributed by atoms with E-state index in [1.165, 1.54) is 11.3 Å². The number of benzene rings is 1. The van der Waals surface area contributed by atoms with Crippen LogP contribution in [0.3, 0.4) is 0 Å². The van der Waals surface area contributed by atoms with E-state index in [-0.39, 0.29) is 0 Å². The highest BCUT2D eigenvalue weighted by Crippen LogP contribution is 2.29. The summed E-state index contributed by atoms with van der Waals surface area (Å²) in [5, 5.41) is 5.92. The van der Waals surface area contributed by atoms with E-state index in [0.29, 0.717) is 0 Å². The number of anilines is 2. The van der Waals surface area contributed by atoms with Crippen molar-refractivity contribution in [2.24, 2.45) is 0 Å². The van der Waals surface area contributed by atoms with Crippen LogP contribution in [0.25, 0.3) is 0 Å². The summed E-state index contributed by atoms with van der Waals surface area (Å²) in [5.41, 5.74) is 0.878. The maximum absolute atomic E-state index is 5.19. The molecule has 0 aliphatic heterocycles. The van der Waals surface area contributed by atoms with Crippen molar-refractivity contribution in [2.45, 2.75) is 0 Å². The van der Waals surface area contributed by atoms with Crippen LogP contribution in [0.4, 0.5) is 10.8 Å². The fourth-order valence-corrected chi connectivity index (χ4v) is 2.48. The summed E-state index contributed by atoms with van der Waals surface area (Å²) in [4.78, 5) is 4.26. The molecule has 1 heterocycles. The van der Waals surface area contributed by atoms with Gasteiger partial charge in [-0.05, 0) is 15.9 Å². The van der Waals surface area contributed by atoms with E-state index >= 15 is 0 Å². The Kier molecular flexibility index (Phi) is 3.86. The Morgan fingerprint density at radius 3 is 2.29 bits per heavy atom. The van der Waals surface area contributed by atoms with Gasteiger partial charge in [-0.1, -0.05) is 0 Å². The molecule has 0 aliphatic rings. The lowest BCUT2D eigenvalue weighted by atomic mass is 10.3. The third-order valence-corrected chi connectivity index (χ3v) is 3.55. The Balaban J connectivity index is 2.25. The molecular weight excluding hydrogens is 304 g/mol. The molecule has 0 saturated carbocycles. The van der Waals surface area contributed by atoms with Gasteiger partial charge < -0.3 is 14.8 Å². The Labute approximate surface area is 112 Å². The Hall–Kier alpha value is -1.27. The maximum atomic E-state index is 5.19. The molecule has 0 atom stereocenters. The van der Waals surface area contributed by atoms with Crippen molar-refractivity contribution < 1.29 is 9.47 Å². The first-order valence-corrected chi connectivity index (χ1v) is 6.49. The summed E-state index contributed by atoms with van der Waals surface area (Å²) < 4.78 is 11.2. The summed E-state index contributed by atoms with van der Waals surface area (Å²) in [6.45, 7) is 0. The van der Waals surface area contributed by atoms with Crippen LogP contribution in [0.2, 0.25) is 0 Å². The summed E-state index contributed by atoms with van der Waals surface area (Å²) in [6, 6.07) is 5.60. The summed E-state index contributed by atoms with van der Waals surface area (Å²) >= 11 is 4.83. The van der Waals surface area contributed by atoms with Crippen molar-refractivity contribution in [3.8, 4) is 11.5 Å². The highest BCUT2D eigenvalue weighted by Gasteiger charge is 2.04. The molecule has 6 heteroatoms. The Morgan fingerprint density at radius 2 is 1.82 bits per heavy atom. The lowest BCUT2D eigenvalue weighted by molar-refractivity contribution is 0.395. The molecular formula is C11H11BrN2O2S. The second kappa shape index (κ2) is 5.37. The first kappa shape index (κ1) is 12.2. The van der Waals surface area contributed by atoms with E-state index < -0.39 is 0 Å². The molecule has 0 radical (unpaired) electrons. The van der Waals surface area contributed by atoms with Crippen molar-refractivity contribution in [2.75, 3.05) is 19.5 Å². The molecule has 2 aromatic rings. The monoisotopic (exact) mass is 314 g/mol. The number of ether oxygens (including phenoxy) is 2. The minimum absolute atomic E-state index is 0.738. The number of nitrogens with one attached hydrogen (secondary N) is 1. The van der Waals surface area contributed by atoms with Crippen molar-refractivity contribution in [3.63, 3.8) is 0 Å². The minimum Gasteiger partial charge on any atom is -0.497 e. The van der Waals surface area contributed by atoms with Gasteiger partial charge in [0.05, 0.1) is 14.2 Å². The molecule has 0 unspecified atom stereocenters. The lowest BCUT2D eigenvalue weighted by Gasteiger charge is -2.08. The van der Waals surface area contributed by atoms with Gasteiger partial charge in [-0.25, -0.2) is 4.98 Å². The quantitative estimate of drug-likeness (QED) is 0.935. The maximum Gasteiger partial charge on any atom is 0.188 e. The van der Waals surface area contributed by atoms with Gasteiger partial charge in [0.15, 0.2) is 5.13 Å². The van der Waals surface area contributed by atoms with Gasteiger partial charge in [-0.3, -0.25) is 0 Å². The van der Waals surface area contributed by atoms with Gasteiger partial charge in [0.2, 0.25) is 0 Å². The number of methoxy groups -OCH3 is 2. The van der Waals surface area contributed by atoms with Crippen LogP contribution < -0.4 is 14.8 Å². The molecule has 90 valence electrons. The second-order valence-electron chi connectivity index (χ2n) is 3.20. The molecule has 0 aliphatic carbocycles. The zero-order valence-electron chi connectivity index (χ0n) is 9.36. The van der Waals surface area contributed by atoms with Crippen LogP contribution >= 0.6 is 27.3 Å². The van der Waals surface area contributed by atoms with Crippen LogP contribution in [0, 0.1) is 0 Å². The number of hydrogen-bond donors (Lipinski definition) is 1. The molecule has 0 saturated heterocycles. The van der Waals surface area contributed by atoms with Gasteiger partial charge in [0.25, 0.3) is 0 Å².